The number of thioether (sulfide) groups is 1. The van der Waals surface area contributed by atoms with E-state index in [1.165, 1.54) is 29.2 Å². The average Bonchev–Trinajstić information content (AvgIpc) is 3.27. The molecule has 6 nitrogen and oxygen atoms in total. The van der Waals surface area contributed by atoms with Gasteiger partial charge in [0.25, 0.3) is 5.91 Å². The second-order valence-corrected chi connectivity index (χ2v) is 8.17. The SMILES string of the molecule is CSc1nc(-c2cccs2)nc(C)c1C(=O)OCC(=O)NCc1ccc(C)c(F)c1. The molecule has 1 amide bonds. The molecular formula is C21H20FN3O3S2. The quantitative estimate of drug-likeness (QED) is 0.334. The summed E-state index contributed by atoms with van der Waals surface area (Å²) in [5, 5.41) is 5.03. The van der Waals surface area contributed by atoms with E-state index >= 15 is 0 Å². The van der Waals surface area contributed by atoms with Crippen LogP contribution in [0.1, 0.15) is 27.2 Å². The smallest absolute Gasteiger partial charge is 0.343 e. The van der Waals surface area contributed by atoms with Crippen molar-refractivity contribution in [3.63, 3.8) is 0 Å². The van der Waals surface area contributed by atoms with Crippen molar-refractivity contribution in [1.29, 1.82) is 0 Å². The highest BCUT2D eigenvalue weighted by atomic mass is 32.2. The maximum atomic E-state index is 13.6. The first kappa shape index (κ1) is 21.9. The zero-order valence-corrected chi connectivity index (χ0v) is 18.3. The van der Waals surface area contributed by atoms with Gasteiger partial charge in [-0.05, 0) is 48.7 Å². The van der Waals surface area contributed by atoms with Crippen molar-refractivity contribution in [1.82, 2.24) is 15.3 Å². The number of thiophene rings is 1. The fourth-order valence-corrected chi connectivity index (χ4v) is 3.92. The van der Waals surface area contributed by atoms with Gasteiger partial charge in [0.15, 0.2) is 12.4 Å². The average molecular weight is 446 g/mol. The fourth-order valence-electron chi connectivity index (χ4n) is 2.65. The molecule has 0 radical (unpaired) electrons. The molecule has 1 N–H and O–H groups in total. The molecule has 0 atom stereocenters. The number of aromatic nitrogens is 2. The highest BCUT2D eigenvalue weighted by molar-refractivity contribution is 7.98. The zero-order chi connectivity index (χ0) is 21.7. The lowest BCUT2D eigenvalue weighted by molar-refractivity contribution is -0.124. The molecule has 0 aliphatic rings. The predicted octanol–water partition coefficient (Wildman–Crippen LogP) is 4.16. The Balaban J connectivity index is 1.62. The summed E-state index contributed by atoms with van der Waals surface area (Å²) in [5.41, 5.74) is 1.89. The lowest BCUT2D eigenvalue weighted by Crippen LogP contribution is -2.28. The van der Waals surface area contributed by atoms with Gasteiger partial charge in [0, 0.05) is 6.54 Å². The van der Waals surface area contributed by atoms with Crippen molar-refractivity contribution in [3.8, 4) is 10.7 Å². The van der Waals surface area contributed by atoms with Crippen LogP contribution in [0.3, 0.4) is 0 Å². The Morgan fingerprint density at radius 2 is 2.03 bits per heavy atom. The van der Waals surface area contributed by atoms with Crippen LogP contribution in [-0.4, -0.2) is 34.7 Å². The summed E-state index contributed by atoms with van der Waals surface area (Å²) in [6, 6.07) is 8.55. The van der Waals surface area contributed by atoms with E-state index < -0.39 is 18.5 Å². The first-order valence-corrected chi connectivity index (χ1v) is 11.1. The van der Waals surface area contributed by atoms with E-state index in [1.807, 2.05) is 23.8 Å². The number of esters is 1. The molecule has 0 saturated heterocycles. The summed E-state index contributed by atoms with van der Waals surface area (Å²) in [6.45, 7) is 3.06. The van der Waals surface area contributed by atoms with Crippen LogP contribution in [0.25, 0.3) is 10.7 Å². The van der Waals surface area contributed by atoms with E-state index in [9.17, 15) is 14.0 Å². The third kappa shape index (κ3) is 5.22. The van der Waals surface area contributed by atoms with Crippen LogP contribution < -0.4 is 5.32 Å². The van der Waals surface area contributed by atoms with Crippen LogP contribution in [0.5, 0.6) is 0 Å². The molecule has 9 heteroatoms. The Morgan fingerprint density at radius 3 is 2.70 bits per heavy atom. The normalized spacial score (nSPS) is 10.7. The Labute approximate surface area is 181 Å². The van der Waals surface area contributed by atoms with Gasteiger partial charge >= 0.3 is 5.97 Å². The molecule has 3 rings (SSSR count). The topological polar surface area (TPSA) is 81.2 Å². The van der Waals surface area contributed by atoms with Gasteiger partial charge < -0.3 is 10.1 Å². The number of carbonyl (C=O) groups is 2. The number of nitrogens with zero attached hydrogens (tertiary/aromatic N) is 2. The van der Waals surface area contributed by atoms with Crippen molar-refractivity contribution in [2.75, 3.05) is 12.9 Å². The summed E-state index contributed by atoms with van der Waals surface area (Å²) in [7, 11) is 0. The Morgan fingerprint density at radius 1 is 1.23 bits per heavy atom. The number of rotatable bonds is 7. The molecule has 30 heavy (non-hydrogen) atoms. The second kappa shape index (κ2) is 9.82. The van der Waals surface area contributed by atoms with Gasteiger partial charge in [-0.3, -0.25) is 4.79 Å². The van der Waals surface area contributed by atoms with Crippen LogP contribution in [-0.2, 0) is 16.1 Å². The first-order valence-electron chi connectivity index (χ1n) is 9.04. The highest BCUT2D eigenvalue weighted by Crippen LogP contribution is 2.27. The number of halogens is 1. The van der Waals surface area contributed by atoms with E-state index in [4.69, 9.17) is 4.74 Å². The molecule has 0 unspecified atom stereocenters. The van der Waals surface area contributed by atoms with Crippen LogP contribution >= 0.6 is 23.1 Å². The third-order valence-corrected chi connectivity index (χ3v) is 5.80. The van der Waals surface area contributed by atoms with E-state index in [0.717, 1.165) is 4.88 Å². The molecule has 1 aromatic carbocycles. The largest absolute Gasteiger partial charge is 0.452 e. The van der Waals surface area contributed by atoms with Gasteiger partial charge in [0.2, 0.25) is 0 Å². The molecular weight excluding hydrogens is 425 g/mol. The number of benzene rings is 1. The number of carbonyl (C=O) groups excluding carboxylic acids is 2. The number of ether oxygens (including phenoxy) is 1. The maximum absolute atomic E-state index is 13.6. The molecule has 3 aromatic rings. The minimum atomic E-state index is -0.661. The summed E-state index contributed by atoms with van der Waals surface area (Å²) >= 11 is 2.82. The zero-order valence-electron chi connectivity index (χ0n) is 16.7. The maximum Gasteiger partial charge on any atom is 0.343 e. The molecule has 0 aliphatic carbocycles. The predicted molar refractivity (Wildman–Crippen MR) is 115 cm³/mol. The molecule has 2 aromatic heterocycles. The fraction of sp³-hybridized carbons (Fsp3) is 0.238. The van der Waals surface area contributed by atoms with Crippen LogP contribution in [0.2, 0.25) is 0 Å². The first-order chi connectivity index (χ1) is 14.4. The molecule has 0 saturated carbocycles. The Hall–Kier alpha value is -2.78. The highest BCUT2D eigenvalue weighted by Gasteiger charge is 2.21. The van der Waals surface area contributed by atoms with Gasteiger partial charge in [-0.2, -0.15) is 0 Å². The molecule has 156 valence electrons. The van der Waals surface area contributed by atoms with Crippen molar-refractivity contribution >= 4 is 35.0 Å². The van der Waals surface area contributed by atoms with Crippen LogP contribution in [0.15, 0.2) is 40.7 Å². The minimum Gasteiger partial charge on any atom is -0.452 e. The van der Waals surface area contributed by atoms with Crippen molar-refractivity contribution < 1.29 is 18.7 Å². The van der Waals surface area contributed by atoms with E-state index in [1.54, 1.807) is 26.0 Å². The minimum absolute atomic E-state index is 0.140. The standard InChI is InChI=1S/C21H20FN3O3S2/c1-12-6-7-14(9-15(12)22)10-23-17(26)11-28-21(27)18-13(2)24-19(25-20(18)29-3)16-5-4-8-30-16/h4-9H,10-11H2,1-3H3,(H,23,26). The van der Waals surface area contributed by atoms with E-state index in [2.05, 4.69) is 15.3 Å². The summed E-state index contributed by atoms with van der Waals surface area (Å²) in [5.74, 6) is -0.930. The van der Waals surface area contributed by atoms with E-state index in [-0.39, 0.29) is 17.9 Å². The van der Waals surface area contributed by atoms with Gasteiger partial charge in [0.05, 0.1) is 10.6 Å². The van der Waals surface area contributed by atoms with Gasteiger partial charge in [-0.25, -0.2) is 19.2 Å². The van der Waals surface area contributed by atoms with Gasteiger partial charge in [-0.1, -0.05) is 18.2 Å². The number of hydrogen-bond acceptors (Lipinski definition) is 7. The van der Waals surface area contributed by atoms with Gasteiger partial charge in [0.1, 0.15) is 16.4 Å². The van der Waals surface area contributed by atoms with Gasteiger partial charge in [-0.15, -0.1) is 23.1 Å². The lowest BCUT2D eigenvalue weighted by atomic mass is 10.1. The third-order valence-electron chi connectivity index (χ3n) is 4.26. The van der Waals surface area contributed by atoms with Crippen molar-refractivity contribution in [2.45, 2.75) is 25.4 Å². The summed E-state index contributed by atoms with van der Waals surface area (Å²) in [6.07, 6.45) is 1.81. The number of amides is 1. The van der Waals surface area contributed by atoms with Crippen molar-refractivity contribution in [2.24, 2.45) is 0 Å². The van der Waals surface area contributed by atoms with Crippen LogP contribution in [0, 0.1) is 19.7 Å². The molecule has 2 heterocycles. The van der Waals surface area contributed by atoms with Crippen LogP contribution in [0.4, 0.5) is 4.39 Å². The Bertz CT molecular complexity index is 1070. The number of nitrogens with one attached hydrogen (secondary N) is 1. The van der Waals surface area contributed by atoms with E-state index in [0.29, 0.717) is 27.7 Å². The lowest BCUT2D eigenvalue weighted by Gasteiger charge is -2.11. The Kier molecular flexibility index (Phi) is 7.17. The molecule has 0 bridgehead atoms. The second-order valence-electron chi connectivity index (χ2n) is 6.43. The molecule has 0 aliphatic heterocycles. The molecule has 0 fully saturated rings. The summed E-state index contributed by atoms with van der Waals surface area (Å²) in [4.78, 5) is 34.4. The number of aryl methyl sites for hydroxylation is 2. The molecule has 0 spiro atoms. The number of hydrogen-bond donors (Lipinski definition) is 1. The van der Waals surface area contributed by atoms with Crippen molar-refractivity contribution in [3.05, 3.63) is 63.9 Å². The monoisotopic (exact) mass is 445 g/mol. The summed E-state index contributed by atoms with van der Waals surface area (Å²) < 4.78 is 18.7.